The summed E-state index contributed by atoms with van der Waals surface area (Å²) < 4.78 is 5.83. The van der Waals surface area contributed by atoms with Crippen LogP contribution in [-0.2, 0) is 4.79 Å². The molecule has 0 bridgehead atoms. The lowest BCUT2D eigenvalue weighted by atomic mass is 10.2. The first kappa shape index (κ1) is 20.1. The highest BCUT2D eigenvalue weighted by Gasteiger charge is 2.24. The van der Waals surface area contributed by atoms with Crippen LogP contribution in [0.3, 0.4) is 0 Å². The van der Waals surface area contributed by atoms with Gasteiger partial charge in [0.1, 0.15) is 11.5 Å². The largest absolute Gasteiger partial charge is 0.457 e. The summed E-state index contributed by atoms with van der Waals surface area (Å²) in [4.78, 5) is 17.3. The molecule has 0 atom stereocenters. The number of nitrogens with one attached hydrogen (secondary N) is 1. The van der Waals surface area contributed by atoms with Crippen LogP contribution in [-0.4, -0.2) is 11.1 Å². The SMILES string of the molecule is Cc1c(Cl)cccc1N=C1NC(=O)/C(=C\c2ccc(-c3cc(Cl)ccc3Cl)o2)S1. The van der Waals surface area contributed by atoms with E-state index in [2.05, 4.69) is 10.3 Å². The van der Waals surface area contributed by atoms with Gasteiger partial charge in [-0.05, 0) is 66.7 Å². The van der Waals surface area contributed by atoms with Gasteiger partial charge in [-0.1, -0.05) is 40.9 Å². The van der Waals surface area contributed by atoms with Crippen molar-refractivity contribution in [2.75, 3.05) is 0 Å². The van der Waals surface area contributed by atoms with Gasteiger partial charge < -0.3 is 9.73 Å². The molecule has 1 aliphatic rings. The molecular formula is C21H13Cl3N2O2S. The number of hydrogen-bond acceptors (Lipinski definition) is 4. The van der Waals surface area contributed by atoms with E-state index in [1.165, 1.54) is 11.8 Å². The molecule has 0 radical (unpaired) electrons. The predicted molar refractivity (Wildman–Crippen MR) is 121 cm³/mol. The fourth-order valence-electron chi connectivity index (χ4n) is 2.70. The number of aliphatic imine (C=N–C) groups is 1. The Kier molecular flexibility index (Phi) is 5.74. The minimum absolute atomic E-state index is 0.243. The lowest BCUT2D eigenvalue weighted by Crippen LogP contribution is -2.19. The second-order valence-electron chi connectivity index (χ2n) is 6.19. The van der Waals surface area contributed by atoms with Gasteiger partial charge in [-0.15, -0.1) is 0 Å². The van der Waals surface area contributed by atoms with Gasteiger partial charge in [-0.25, -0.2) is 4.99 Å². The maximum atomic E-state index is 12.3. The third-order valence-electron chi connectivity index (χ3n) is 4.21. The molecule has 1 amide bonds. The van der Waals surface area contributed by atoms with Crippen LogP contribution in [0.15, 0.2) is 62.8 Å². The van der Waals surface area contributed by atoms with Gasteiger partial charge in [0.25, 0.3) is 5.91 Å². The monoisotopic (exact) mass is 462 g/mol. The summed E-state index contributed by atoms with van der Waals surface area (Å²) in [6, 6.07) is 14.2. The maximum Gasteiger partial charge on any atom is 0.264 e. The molecule has 4 rings (SSSR count). The fraction of sp³-hybridized carbons (Fsp3) is 0.0476. The first-order valence-electron chi connectivity index (χ1n) is 8.50. The average Bonchev–Trinajstić information content (AvgIpc) is 3.28. The van der Waals surface area contributed by atoms with Crippen molar-refractivity contribution in [2.45, 2.75) is 6.92 Å². The van der Waals surface area contributed by atoms with Gasteiger partial charge in [0.05, 0.1) is 15.6 Å². The molecule has 29 heavy (non-hydrogen) atoms. The summed E-state index contributed by atoms with van der Waals surface area (Å²) in [7, 11) is 0. The van der Waals surface area contributed by atoms with E-state index in [-0.39, 0.29) is 5.91 Å². The minimum atomic E-state index is -0.243. The highest BCUT2D eigenvalue weighted by Crippen LogP contribution is 2.34. The Hall–Kier alpha value is -2.18. The van der Waals surface area contributed by atoms with Crippen LogP contribution in [0.4, 0.5) is 5.69 Å². The molecular weight excluding hydrogens is 451 g/mol. The van der Waals surface area contributed by atoms with E-state index in [0.717, 1.165) is 5.56 Å². The minimum Gasteiger partial charge on any atom is -0.457 e. The van der Waals surface area contributed by atoms with Crippen LogP contribution < -0.4 is 5.32 Å². The summed E-state index contributed by atoms with van der Waals surface area (Å²) in [5, 5.41) is 4.95. The second-order valence-corrected chi connectivity index (χ2v) is 8.47. The standard InChI is InChI=1S/C21H13Cl3N2O2S/c1-11-15(23)3-2-4-17(11)25-21-26-20(27)19(29-21)10-13-6-8-18(28-13)14-9-12(22)5-7-16(14)24/h2-10H,1H3,(H,25,26,27)/b19-10+. The van der Waals surface area contributed by atoms with E-state index in [0.29, 0.717) is 47.9 Å². The number of nitrogens with zero attached hydrogens (tertiary/aromatic N) is 1. The van der Waals surface area contributed by atoms with Gasteiger partial charge >= 0.3 is 0 Å². The van der Waals surface area contributed by atoms with Crippen LogP contribution in [0.5, 0.6) is 0 Å². The van der Waals surface area contributed by atoms with Gasteiger partial charge in [0.2, 0.25) is 0 Å². The van der Waals surface area contributed by atoms with Gasteiger partial charge in [0, 0.05) is 21.7 Å². The third-order valence-corrected chi connectivity index (χ3v) is 6.09. The Balaban J connectivity index is 1.59. The van der Waals surface area contributed by atoms with E-state index in [1.807, 2.05) is 19.1 Å². The zero-order valence-corrected chi connectivity index (χ0v) is 18.1. The molecule has 0 unspecified atom stereocenters. The van der Waals surface area contributed by atoms with Gasteiger partial charge in [-0.2, -0.15) is 0 Å². The van der Waals surface area contributed by atoms with Crippen LogP contribution in [0.1, 0.15) is 11.3 Å². The van der Waals surface area contributed by atoms with Crippen LogP contribution >= 0.6 is 46.6 Å². The Labute approximate surface area is 186 Å². The van der Waals surface area contributed by atoms with Crippen LogP contribution in [0.2, 0.25) is 15.1 Å². The van der Waals surface area contributed by atoms with E-state index in [9.17, 15) is 4.79 Å². The van der Waals surface area contributed by atoms with E-state index < -0.39 is 0 Å². The Morgan fingerprint density at radius 1 is 1.07 bits per heavy atom. The molecule has 2 aromatic carbocycles. The number of rotatable bonds is 3. The molecule has 1 N–H and O–H groups in total. The number of halogens is 3. The number of amides is 1. The molecule has 4 nitrogen and oxygen atoms in total. The third kappa shape index (κ3) is 4.38. The van der Waals surface area contributed by atoms with Crippen molar-refractivity contribution < 1.29 is 9.21 Å². The molecule has 3 aromatic rings. The van der Waals surface area contributed by atoms with E-state index in [4.69, 9.17) is 39.2 Å². The van der Waals surface area contributed by atoms with Gasteiger partial charge in [0.15, 0.2) is 5.17 Å². The number of thioether (sulfide) groups is 1. The first-order valence-corrected chi connectivity index (χ1v) is 10.5. The molecule has 1 aromatic heterocycles. The van der Waals surface area contributed by atoms with Crippen molar-refractivity contribution in [1.82, 2.24) is 5.32 Å². The van der Waals surface area contributed by atoms with Gasteiger partial charge in [-0.3, -0.25) is 4.79 Å². The quantitative estimate of drug-likeness (QED) is 0.421. The summed E-state index contributed by atoms with van der Waals surface area (Å²) in [5.41, 5.74) is 2.24. The fourth-order valence-corrected chi connectivity index (χ4v) is 4.06. The number of hydrogen-bond donors (Lipinski definition) is 1. The number of carbonyl (C=O) groups is 1. The van der Waals surface area contributed by atoms with Crippen molar-refractivity contribution in [2.24, 2.45) is 4.99 Å². The number of carbonyl (C=O) groups excluding carboxylic acids is 1. The van der Waals surface area contributed by atoms with Crippen LogP contribution in [0.25, 0.3) is 17.4 Å². The van der Waals surface area contributed by atoms with Crippen molar-refractivity contribution in [1.29, 1.82) is 0 Å². The predicted octanol–water partition coefficient (Wildman–Crippen LogP) is 7.11. The molecule has 2 heterocycles. The summed E-state index contributed by atoms with van der Waals surface area (Å²) in [5.74, 6) is 0.845. The molecule has 1 aliphatic heterocycles. The lowest BCUT2D eigenvalue weighted by molar-refractivity contribution is -0.115. The molecule has 146 valence electrons. The van der Waals surface area contributed by atoms with E-state index in [1.54, 1.807) is 42.5 Å². The van der Waals surface area contributed by atoms with Crippen molar-refractivity contribution in [3.63, 3.8) is 0 Å². The first-order chi connectivity index (χ1) is 13.9. The normalized spacial score (nSPS) is 16.6. The van der Waals surface area contributed by atoms with Crippen LogP contribution in [0, 0.1) is 6.92 Å². The Morgan fingerprint density at radius 2 is 1.90 bits per heavy atom. The molecule has 0 saturated carbocycles. The summed E-state index contributed by atoms with van der Waals surface area (Å²) >= 11 is 19.6. The molecule has 0 spiro atoms. The average molecular weight is 464 g/mol. The zero-order valence-electron chi connectivity index (χ0n) is 15.0. The molecule has 8 heteroatoms. The molecule has 0 aliphatic carbocycles. The smallest absolute Gasteiger partial charge is 0.264 e. The second kappa shape index (κ2) is 8.28. The van der Waals surface area contributed by atoms with Crippen molar-refractivity contribution in [3.05, 3.63) is 79.8 Å². The lowest BCUT2D eigenvalue weighted by Gasteiger charge is -2.02. The number of amidine groups is 1. The highest BCUT2D eigenvalue weighted by molar-refractivity contribution is 8.18. The number of furan rings is 1. The Bertz CT molecular complexity index is 1180. The highest BCUT2D eigenvalue weighted by atomic mass is 35.5. The van der Waals surface area contributed by atoms with E-state index >= 15 is 0 Å². The van der Waals surface area contributed by atoms with Crippen molar-refractivity contribution in [3.8, 4) is 11.3 Å². The zero-order chi connectivity index (χ0) is 20.5. The summed E-state index contributed by atoms with van der Waals surface area (Å²) in [6.45, 7) is 1.88. The summed E-state index contributed by atoms with van der Waals surface area (Å²) in [6.07, 6.45) is 1.66. The number of benzene rings is 2. The Morgan fingerprint density at radius 3 is 2.72 bits per heavy atom. The maximum absolute atomic E-state index is 12.3. The van der Waals surface area contributed by atoms with Crippen molar-refractivity contribution >= 4 is 69.4 Å². The molecule has 1 fully saturated rings. The molecule has 1 saturated heterocycles. The topological polar surface area (TPSA) is 54.6 Å².